The number of rotatable bonds is 8. The largest absolute Gasteiger partial charge is 0.462 e. The summed E-state index contributed by atoms with van der Waals surface area (Å²) in [5, 5.41) is 3.23. The summed E-state index contributed by atoms with van der Waals surface area (Å²) in [5.74, 6) is -0.297. The number of nitrogens with one attached hydrogen (secondary N) is 1. The van der Waals surface area contributed by atoms with Crippen LogP contribution in [0.3, 0.4) is 0 Å². The van der Waals surface area contributed by atoms with Gasteiger partial charge in [0.15, 0.2) is 0 Å². The fourth-order valence-electron chi connectivity index (χ4n) is 2.11. The van der Waals surface area contributed by atoms with Crippen molar-refractivity contribution >= 4 is 17.3 Å². The Morgan fingerprint density at radius 2 is 2.29 bits per heavy atom. The van der Waals surface area contributed by atoms with Crippen LogP contribution in [-0.2, 0) is 9.47 Å². The van der Waals surface area contributed by atoms with Gasteiger partial charge in [-0.3, -0.25) is 0 Å². The lowest BCUT2D eigenvalue weighted by Crippen LogP contribution is -2.33. The molecule has 1 fully saturated rings. The Balaban J connectivity index is 1.88. The number of carbonyl (C=O) groups is 1. The number of ether oxygens (including phenoxy) is 2. The minimum absolute atomic E-state index is 0.244. The van der Waals surface area contributed by atoms with E-state index in [2.05, 4.69) is 12.2 Å². The molecular weight excluding hydrogens is 268 g/mol. The van der Waals surface area contributed by atoms with Crippen molar-refractivity contribution in [2.75, 3.05) is 30.8 Å². The van der Waals surface area contributed by atoms with Crippen molar-refractivity contribution in [1.29, 1.82) is 0 Å². The Morgan fingerprint density at radius 3 is 2.95 bits per heavy atom. The molecule has 1 aliphatic rings. The van der Waals surface area contributed by atoms with Gasteiger partial charge < -0.3 is 20.5 Å². The summed E-state index contributed by atoms with van der Waals surface area (Å²) in [6, 6.07) is 5.17. The van der Waals surface area contributed by atoms with Crippen LogP contribution in [0.1, 0.15) is 43.0 Å². The molecule has 0 saturated carbocycles. The van der Waals surface area contributed by atoms with Gasteiger partial charge in [0.1, 0.15) is 0 Å². The van der Waals surface area contributed by atoms with Crippen LogP contribution in [0.4, 0.5) is 11.4 Å². The van der Waals surface area contributed by atoms with Crippen molar-refractivity contribution in [1.82, 2.24) is 0 Å². The maximum absolute atomic E-state index is 12.0. The number of hydrogen-bond acceptors (Lipinski definition) is 5. The summed E-state index contributed by atoms with van der Waals surface area (Å²) in [5.41, 5.74) is 7.83. The molecule has 0 aliphatic carbocycles. The molecule has 0 spiro atoms. The van der Waals surface area contributed by atoms with E-state index >= 15 is 0 Å². The Labute approximate surface area is 125 Å². The lowest BCUT2D eigenvalue weighted by atomic mass is 10.1. The second-order valence-electron chi connectivity index (χ2n) is 5.31. The zero-order chi connectivity index (χ0) is 15.1. The van der Waals surface area contributed by atoms with Gasteiger partial charge in [0, 0.05) is 13.2 Å². The maximum atomic E-state index is 12.0. The average molecular weight is 292 g/mol. The number of carbonyl (C=O) groups excluding carboxylic acids is 1. The minimum atomic E-state index is -0.297. The standard InChI is InChI=1S/C16H24N2O3/c1-2-3-4-8-21-16(19)12-5-6-14(17)15(10-12)18-11-13-7-9-20-13/h5-6,10,13,18H,2-4,7-9,11,17H2,1H3/t13-/m0/s1. The molecule has 1 aromatic rings. The van der Waals surface area contributed by atoms with E-state index in [1.165, 1.54) is 0 Å². The second-order valence-corrected chi connectivity index (χ2v) is 5.31. The van der Waals surface area contributed by atoms with Gasteiger partial charge in [-0.15, -0.1) is 0 Å². The van der Waals surface area contributed by atoms with Crippen molar-refractivity contribution in [3.8, 4) is 0 Å². The topological polar surface area (TPSA) is 73.6 Å². The molecule has 5 nitrogen and oxygen atoms in total. The summed E-state index contributed by atoms with van der Waals surface area (Å²) in [4.78, 5) is 12.0. The van der Waals surface area contributed by atoms with E-state index in [0.717, 1.165) is 38.0 Å². The molecule has 1 atom stereocenters. The van der Waals surface area contributed by atoms with E-state index in [1.807, 2.05) is 0 Å². The molecule has 0 aromatic heterocycles. The van der Waals surface area contributed by atoms with Crippen LogP contribution in [0.2, 0.25) is 0 Å². The van der Waals surface area contributed by atoms with Gasteiger partial charge in [0.05, 0.1) is 29.6 Å². The van der Waals surface area contributed by atoms with Gasteiger partial charge >= 0.3 is 5.97 Å². The molecule has 0 radical (unpaired) electrons. The van der Waals surface area contributed by atoms with E-state index in [-0.39, 0.29) is 12.1 Å². The number of nitrogens with two attached hydrogens (primary N) is 1. The van der Waals surface area contributed by atoms with Crippen LogP contribution >= 0.6 is 0 Å². The van der Waals surface area contributed by atoms with Crippen LogP contribution < -0.4 is 11.1 Å². The predicted octanol–water partition coefficient (Wildman–Crippen LogP) is 2.82. The van der Waals surface area contributed by atoms with Crippen LogP contribution in [0.5, 0.6) is 0 Å². The summed E-state index contributed by atoms with van der Waals surface area (Å²) in [6.45, 7) is 4.12. The van der Waals surface area contributed by atoms with Gasteiger partial charge in [-0.2, -0.15) is 0 Å². The first-order valence-electron chi connectivity index (χ1n) is 7.63. The Hall–Kier alpha value is -1.75. The molecule has 21 heavy (non-hydrogen) atoms. The molecule has 5 heteroatoms. The summed E-state index contributed by atoms with van der Waals surface area (Å²) < 4.78 is 10.6. The van der Waals surface area contributed by atoms with Gasteiger partial charge in [0.2, 0.25) is 0 Å². The highest BCUT2D eigenvalue weighted by atomic mass is 16.5. The first kappa shape index (κ1) is 15.6. The maximum Gasteiger partial charge on any atom is 0.338 e. The van der Waals surface area contributed by atoms with Crippen molar-refractivity contribution in [3.05, 3.63) is 23.8 Å². The van der Waals surface area contributed by atoms with Crippen molar-refractivity contribution in [3.63, 3.8) is 0 Å². The smallest absolute Gasteiger partial charge is 0.338 e. The zero-order valence-corrected chi connectivity index (χ0v) is 12.6. The zero-order valence-electron chi connectivity index (χ0n) is 12.6. The second kappa shape index (κ2) is 7.88. The van der Waals surface area contributed by atoms with Crippen molar-refractivity contribution < 1.29 is 14.3 Å². The van der Waals surface area contributed by atoms with Gasteiger partial charge in [-0.05, 0) is 31.0 Å². The third-order valence-corrected chi connectivity index (χ3v) is 3.58. The van der Waals surface area contributed by atoms with E-state index in [1.54, 1.807) is 18.2 Å². The van der Waals surface area contributed by atoms with Crippen LogP contribution in [0.25, 0.3) is 0 Å². The molecule has 1 aromatic carbocycles. The van der Waals surface area contributed by atoms with Gasteiger partial charge in [-0.25, -0.2) is 4.79 Å². The van der Waals surface area contributed by atoms with E-state index in [9.17, 15) is 4.79 Å². The van der Waals surface area contributed by atoms with Gasteiger partial charge in [-0.1, -0.05) is 19.8 Å². The molecule has 1 aliphatic heterocycles. The molecule has 116 valence electrons. The van der Waals surface area contributed by atoms with Crippen LogP contribution in [-0.4, -0.2) is 31.8 Å². The third kappa shape index (κ3) is 4.63. The van der Waals surface area contributed by atoms with Crippen LogP contribution in [0, 0.1) is 0 Å². The van der Waals surface area contributed by atoms with E-state index < -0.39 is 0 Å². The fraction of sp³-hybridized carbons (Fsp3) is 0.562. The summed E-state index contributed by atoms with van der Waals surface area (Å²) >= 11 is 0. The monoisotopic (exact) mass is 292 g/mol. The molecule has 1 heterocycles. The molecule has 2 rings (SSSR count). The van der Waals surface area contributed by atoms with E-state index in [0.29, 0.717) is 24.4 Å². The Kier molecular flexibility index (Phi) is 5.87. The molecule has 0 bridgehead atoms. The molecule has 3 N–H and O–H groups in total. The quantitative estimate of drug-likeness (QED) is 0.438. The lowest BCUT2D eigenvalue weighted by molar-refractivity contribution is -0.0410. The summed E-state index contributed by atoms with van der Waals surface area (Å²) in [7, 11) is 0. The lowest BCUT2D eigenvalue weighted by Gasteiger charge is -2.27. The highest BCUT2D eigenvalue weighted by molar-refractivity contribution is 5.92. The normalized spacial score (nSPS) is 17.1. The van der Waals surface area contributed by atoms with E-state index in [4.69, 9.17) is 15.2 Å². The highest BCUT2D eigenvalue weighted by Gasteiger charge is 2.18. The Morgan fingerprint density at radius 1 is 1.48 bits per heavy atom. The molecule has 1 saturated heterocycles. The SMILES string of the molecule is CCCCCOC(=O)c1ccc(N)c(NC[C@@H]2CCO2)c1. The average Bonchev–Trinajstić information content (AvgIpc) is 2.43. The number of benzene rings is 1. The molecular formula is C16H24N2O3. The first-order valence-corrected chi connectivity index (χ1v) is 7.63. The number of unbranched alkanes of at least 4 members (excludes halogenated alkanes) is 2. The summed E-state index contributed by atoms with van der Waals surface area (Å²) in [6.07, 6.45) is 4.39. The van der Waals surface area contributed by atoms with Gasteiger partial charge in [0.25, 0.3) is 0 Å². The molecule has 0 unspecified atom stereocenters. The van der Waals surface area contributed by atoms with Crippen molar-refractivity contribution in [2.45, 2.75) is 38.7 Å². The number of anilines is 2. The van der Waals surface area contributed by atoms with Crippen molar-refractivity contribution in [2.24, 2.45) is 0 Å². The fourth-order valence-corrected chi connectivity index (χ4v) is 2.11. The number of esters is 1. The van der Waals surface area contributed by atoms with Crippen LogP contribution in [0.15, 0.2) is 18.2 Å². The Bertz CT molecular complexity index is 473. The highest BCUT2D eigenvalue weighted by Crippen LogP contribution is 2.22. The molecule has 0 amide bonds. The number of hydrogen-bond donors (Lipinski definition) is 2. The minimum Gasteiger partial charge on any atom is -0.462 e. The number of nitrogen functional groups attached to an aromatic ring is 1. The predicted molar refractivity (Wildman–Crippen MR) is 83.5 cm³/mol. The third-order valence-electron chi connectivity index (χ3n) is 3.58. The first-order chi connectivity index (χ1) is 10.2.